The Kier molecular flexibility index (Phi) is 3.29. The van der Waals surface area contributed by atoms with E-state index in [-0.39, 0.29) is 5.75 Å². The number of aromatic hydroxyl groups is 1. The highest BCUT2D eigenvalue weighted by Crippen LogP contribution is 2.38. The van der Waals surface area contributed by atoms with E-state index in [0.717, 1.165) is 5.56 Å². The standard InChI is InChI=1S/C12H7Cl3O/c13-8-3-1-7(2-4-8)12-10(15)5-9(14)6-11(12)16/h1-6,16H. The Hall–Kier alpha value is -0.890. The van der Waals surface area contributed by atoms with Crippen LogP contribution in [-0.4, -0.2) is 5.11 Å². The number of halogens is 3. The zero-order valence-electron chi connectivity index (χ0n) is 8.05. The van der Waals surface area contributed by atoms with Crippen LogP contribution in [0, 0.1) is 0 Å². The van der Waals surface area contributed by atoms with Crippen molar-refractivity contribution in [2.24, 2.45) is 0 Å². The Bertz CT molecular complexity index is 497. The summed E-state index contributed by atoms with van der Waals surface area (Å²) in [6, 6.07) is 10.1. The zero-order valence-corrected chi connectivity index (χ0v) is 10.3. The van der Waals surface area contributed by atoms with Crippen molar-refractivity contribution >= 4 is 34.8 Å². The molecule has 16 heavy (non-hydrogen) atoms. The summed E-state index contributed by atoms with van der Waals surface area (Å²) in [6.45, 7) is 0. The molecule has 2 aromatic rings. The summed E-state index contributed by atoms with van der Waals surface area (Å²) in [5, 5.41) is 11.2. The summed E-state index contributed by atoms with van der Waals surface area (Å²) in [6.07, 6.45) is 0. The maximum absolute atomic E-state index is 9.79. The Morgan fingerprint density at radius 3 is 2.00 bits per heavy atom. The van der Waals surface area contributed by atoms with Gasteiger partial charge in [0.25, 0.3) is 0 Å². The molecule has 0 aliphatic carbocycles. The molecule has 0 unspecified atom stereocenters. The molecule has 1 N–H and O–H groups in total. The van der Waals surface area contributed by atoms with E-state index in [1.807, 2.05) is 0 Å². The van der Waals surface area contributed by atoms with Gasteiger partial charge in [0.05, 0.1) is 5.02 Å². The third-order valence-electron chi connectivity index (χ3n) is 2.17. The highest BCUT2D eigenvalue weighted by Gasteiger charge is 2.10. The van der Waals surface area contributed by atoms with Crippen LogP contribution < -0.4 is 0 Å². The molecule has 0 atom stereocenters. The fraction of sp³-hybridized carbons (Fsp3) is 0. The monoisotopic (exact) mass is 272 g/mol. The minimum absolute atomic E-state index is 0.0554. The van der Waals surface area contributed by atoms with Gasteiger partial charge in [0.2, 0.25) is 0 Å². The lowest BCUT2D eigenvalue weighted by atomic mass is 10.0. The van der Waals surface area contributed by atoms with Gasteiger partial charge in [-0.25, -0.2) is 0 Å². The van der Waals surface area contributed by atoms with Gasteiger partial charge < -0.3 is 5.11 Å². The van der Waals surface area contributed by atoms with Gasteiger partial charge in [-0.1, -0.05) is 46.9 Å². The van der Waals surface area contributed by atoms with Crippen LogP contribution in [0.3, 0.4) is 0 Å². The van der Waals surface area contributed by atoms with E-state index >= 15 is 0 Å². The second-order valence-corrected chi connectivity index (χ2v) is 4.57. The molecular weight excluding hydrogens is 266 g/mol. The van der Waals surface area contributed by atoms with Gasteiger partial charge >= 0.3 is 0 Å². The number of hydrogen-bond donors (Lipinski definition) is 1. The topological polar surface area (TPSA) is 20.2 Å². The lowest BCUT2D eigenvalue weighted by molar-refractivity contribution is 0.477. The molecule has 0 radical (unpaired) electrons. The first-order valence-electron chi connectivity index (χ1n) is 4.52. The van der Waals surface area contributed by atoms with Gasteiger partial charge in [0, 0.05) is 15.6 Å². The normalized spacial score (nSPS) is 10.4. The molecule has 0 heterocycles. The molecule has 0 saturated heterocycles. The minimum Gasteiger partial charge on any atom is -0.507 e. The fourth-order valence-corrected chi connectivity index (χ4v) is 2.18. The maximum atomic E-state index is 9.79. The van der Waals surface area contributed by atoms with Gasteiger partial charge in [-0.15, -0.1) is 0 Å². The molecule has 1 nitrogen and oxygen atoms in total. The van der Waals surface area contributed by atoms with E-state index in [2.05, 4.69) is 0 Å². The molecule has 0 aromatic heterocycles. The number of phenolic OH excluding ortho intramolecular Hbond substituents is 1. The number of hydrogen-bond acceptors (Lipinski definition) is 1. The van der Waals surface area contributed by atoms with Crippen LogP contribution >= 0.6 is 34.8 Å². The number of phenols is 1. The lowest BCUT2D eigenvalue weighted by Gasteiger charge is -2.08. The van der Waals surface area contributed by atoms with Crippen LogP contribution in [0.15, 0.2) is 36.4 Å². The van der Waals surface area contributed by atoms with Crippen molar-refractivity contribution in [1.82, 2.24) is 0 Å². The summed E-state index contributed by atoms with van der Waals surface area (Å²) in [4.78, 5) is 0. The second kappa shape index (κ2) is 4.54. The quantitative estimate of drug-likeness (QED) is 0.773. The highest BCUT2D eigenvalue weighted by molar-refractivity contribution is 6.37. The number of benzene rings is 2. The van der Waals surface area contributed by atoms with Crippen LogP contribution in [0.1, 0.15) is 0 Å². The smallest absolute Gasteiger partial charge is 0.126 e. The molecular formula is C12H7Cl3O. The van der Waals surface area contributed by atoms with E-state index in [0.29, 0.717) is 20.6 Å². The average molecular weight is 274 g/mol. The van der Waals surface area contributed by atoms with Crippen molar-refractivity contribution in [3.63, 3.8) is 0 Å². The molecule has 0 aliphatic rings. The third kappa shape index (κ3) is 2.27. The van der Waals surface area contributed by atoms with E-state index < -0.39 is 0 Å². The van der Waals surface area contributed by atoms with Gasteiger partial charge in [-0.05, 0) is 29.8 Å². The average Bonchev–Trinajstić information content (AvgIpc) is 2.19. The summed E-state index contributed by atoms with van der Waals surface area (Å²) < 4.78 is 0. The van der Waals surface area contributed by atoms with Crippen LogP contribution in [0.4, 0.5) is 0 Å². The predicted octanol–water partition coefficient (Wildman–Crippen LogP) is 5.02. The number of rotatable bonds is 1. The molecule has 2 rings (SSSR count). The van der Waals surface area contributed by atoms with E-state index in [1.54, 1.807) is 30.3 Å². The first kappa shape index (κ1) is 11.6. The van der Waals surface area contributed by atoms with Crippen molar-refractivity contribution in [1.29, 1.82) is 0 Å². The van der Waals surface area contributed by atoms with Crippen LogP contribution in [0.2, 0.25) is 15.1 Å². The first-order valence-corrected chi connectivity index (χ1v) is 5.65. The van der Waals surface area contributed by atoms with Crippen molar-refractivity contribution in [2.45, 2.75) is 0 Å². The summed E-state index contributed by atoms with van der Waals surface area (Å²) in [5.41, 5.74) is 1.35. The predicted molar refractivity (Wildman–Crippen MR) is 68.6 cm³/mol. The van der Waals surface area contributed by atoms with Crippen LogP contribution in [0.5, 0.6) is 5.75 Å². The Balaban J connectivity index is 2.60. The third-order valence-corrected chi connectivity index (χ3v) is 2.94. The highest BCUT2D eigenvalue weighted by atomic mass is 35.5. The first-order chi connectivity index (χ1) is 7.58. The van der Waals surface area contributed by atoms with Gasteiger partial charge in [-0.3, -0.25) is 0 Å². The largest absolute Gasteiger partial charge is 0.507 e. The fourth-order valence-electron chi connectivity index (χ4n) is 1.46. The zero-order chi connectivity index (χ0) is 11.7. The summed E-state index contributed by atoms with van der Waals surface area (Å²) >= 11 is 17.6. The van der Waals surface area contributed by atoms with E-state index in [1.165, 1.54) is 6.07 Å². The van der Waals surface area contributed by atoms with E-state index in [9.17, 15) is 5.11 Å². The molecule has 0 aliphatic heterocycles. The van der Waals surface area contributed by atoms with Crippen molar-refractivity contribution in [3.8, 4) is 16.9 Å². The molecule has 0 spiro atoms. The Morgan fingerprint density at radius 1 is 0.812 bits per heavy atom. The van der Waals surface area contributed by atoms with Gasteiger partial charge in [0.1, 0.15) is 5.75 Å². The van der Waals surface area contributed by atoms with Crippen LogP contribution in [0.25, 0.3) is 11.1 Å². The van der Waals surface area contributed by atoms with Gasteiger partial charge in [-0.2, -0.15) is 0 Å². The van der Waals surface area contributed by atoms with Crippen LogP contribution in [-0.2, 0) is 0 Å². The lowest BCUT2D eigenvalue weighted by Crippen LogP contribution is -1.81. The molecule has 0 fully saturated rings. The van der Waals surface area contributed by atoms with E-state index in [4.69, 9.17) is 34.8 Å². The molecule has 0 amide bonds. The summed E-state index contributed by atoms with van der Waals surface area (Å²) in [5.74, 6) is 0.0554. The minimum atomic E-state index is 0.0554. The van der Waals surface area contributed by atoms with Crippen molar-refractivity contribution in [2.75, 3.05) is 0 Å². The maximum Gasteiger partial charge on any atom is 0.126 e. The van der Waals surface area contributed by atoms with Crippen molar-refractivity contribution in [3.05, 3.63) is 51.5 Å². The molecule has 2 aromatic carbocycles. The Labute approximate surface area is 108 Å². The van der Waals surface area contributed by atoms with Gasteiger partial charge in [0.15, 0.2) is 0 Å². The molecule has 82 valence electrons. The Morgan fingerprint density at radius 2 is 1.44 bits per heavy atom. The van der Waals surface area contributed by atoms with Crippen molar-refractivity contribution < 1.29 is 5.11 Å². The summed E-state index contributed by atoms with van der Waals surface area (Å²) in [7, 11) is 0. The molecule has 0 bridgehead atoms. The molecule has 4 heteroatoms. The second-order valence-electron chi connectivity index (χ2n) is 3.29. The molecule has 0 saturated carbocycles. The SMILES string of the molecule is Oc1cc(Cl)cc(Cl)c1-c1ccc(Cl)cc1.